The summed E-state index contributed by atoms with van der Waals surface area (Å²) in [6, 6.07) is 5.76. The van der Waals surface area contributed by atoms with Gasteiger partial charge in [0.25, 0.3) is 10.0 Å². The zero-order valence-electron chi connectivity index (χ0n) is 10.3. The molecule has 0 saturated heterocycles. The summed E-state index contributed by atoms with van der Waals surface area (Å²) in [5.74, 6) is 0. The van der Waals surface area contributed by atoms with E-state index < -0.39 is 10.0 Å². The molecule has 0 aliphatic rings. The molecule has 0 saturated carbocycles. The van der Waals surface area contributed by atoms with Crippen LogP contribution >= 0.6 is 0 Å². The van der Waals surface area contributed by atoms with Crippen LogP contribution in [-0.4, -0.2) is 27.8 Å². The topological polar surface area (TPSA) is 67.8 Å². The summed E-state index contributed by atoms with van der Waals surface area (Å²) in [5.41, 5.74) is 2.82. The first kappa shape index (κ1) is 13.5. The number of aryl methyl sites for hydroxylation is 2. The molecule has 94 valence electrons. The highest BCUT2D eigenvalue weighted by molar-refractivity contribution is 7.89. The fourth-order valence-electron chi connectivity index (χ4n) is 1.25. The second-order valence-corrected chi connectivity index (χ2v) is 5.43. The van der Waals surface area contributed by atoms with Crippen LogP contribution in [0.5, 0.6) is 0 Å². The molecule has 5 nitrogen and oxygen atoms in total. The van der Waals surface area contributed by atoms with Gasteiger partial charge in [-0.05, 0) is 31.0 Å². The predicted molar refractivity (Wildman–Crippen MR) is 68.8 cm³/mol. The Morgan fingerprint density at radius 1 is 1.35 bits per heavy atom. The van der Waals surface area contributed by atoms with Gasteiger partial charge in [0.2, 0.25) is 0 Å². The van der Waals surface area contributed by atoms with Crippen molar-refractivity contribution >= 4 is 21.7 Å². The van der Waals surface area contributed by atoms with E-state index in [0.717, 1.165) is 23.1 Å². The molecule has 0 fully saturated rings. The normalized spacial score (nSPS) is 12.4. The first-order valence-electron chi connectivity index (χ1n) is 5.00. The molecule has 0 heterocycles. The molecular formula is C11H16N2O3S. The number of nitrogens with one attached hydrogen (secondary N) is 1. The molecular weight excluding hydrogens is 240 g/mol. The number of hydrogen-bond acceptors (Lipinski definition) is 3. The lowest BCUT2D eigenvalue weighted by atomic mass is 10.1. The molecule has 0 aliphatic heterocycles. The maximum absolute atomic E-state index is 11.0. The van der Waals surface area contributed by atoms with Gasteiger partial charge in [0.05, 0.1) is 13.4 Å². The third-order valence-electron chi connectivity index (χ3n) is 2.08. The van der Waals surface area contributed by atoms with E-state index in [1.165, 1.54) is 7.11 Å². The third kappa shape index (κ3) is 4.44. The van der Waals surface area contributed by atoms with E-state index in [1.54, 1.807) is 0 Å². The number of nitrogens with zero attached hydrogens (tertiary/aromatic N) is 1. The van der Waals surface area contributed by atoms with Crippen LogP contribution in [0.25, 0.3) is 0 Å². The highest BCUT2D eigenvalue weighted by atomic mass is 32.2. The van der Waals surface area contributed by atoms with Gasteiger partial charge < -0.3 is 10.1 Å². The third-order valence-corrected chi connectivity index (χ3v) is 2.57. The summed E-state index contributed by atoms with van der Waals surface area (Å²) in [5, 5.41) is 2.84. The summed E-state index contributed by atoms with van der Waals surface area (Å²) in [7, 11) is -2.11. The van der Waals surface area contributed by atoms with Crippen LogP contribution in [0.1, 0.15) is 11.1 Å². The van der Waals surface area contributed by atoms with Gasteiger partial charge in [0.15, 0.2) is 0 Å². The first-order chi connectivity index (χ1) is 7.81. The van der Waals surface area contributed by atoms with Crippen molar-refractivity contribution in [3.8, 4) is 0 Å². The minimum absolute atomic E-state index is 0.0406. The van der Waals surface area contributed by atoms with Crippen LogP contribution in [-0.2, 0) is 14.8 Å². The van der Waals surface area contributed by atoms with E-state index in [2.05, 4.69) is 9.71 Å². The largest absolute Gasteiger partial charge is 0.468 e. The Morgan fingerprint density at radius 3 is 2.53 bits per heavy atom. The number of sulfonamides is 1. The minimum atomic E-state index is -3.48. The number of hydrogen-bond donors (Lipinski definition) is 1. The summed E-state index contributed by atoms with van der Waals surface area (Å²) in [4.78, 5) is 0. The van der Waals surface area contributed by atoms with Crippen LogP contribution in [0.2, 0.25) is 0 Å². The molecule has 0 bridgehead atoms. The number of benzene rings is 1. The summed E-state index contributed by atoms with van der Waals surface area (Å²) in [6.07, 6.45) is 1.01. The molecule has 1 N–H and O–H groups in total. The highest BCUT2D eigenvalue weighted by Crippen LogP contribution is 2.16. The van der Waals surface area contributed by atoms with Gasteiger partial charge in [-0.3, -0.25) is 0 Å². The van der Waals surface area contributed by atoms with Gasteiger partial charge in [-0.1, -0.05) is 12.1 Å². The molecule has 17 heavy (non-hydrogen) atoms. The van der Waals surface area contributed by atoms with Crippen LogP contribution in [0.15, 0.2) is 22.6 Å². The summed E-state index contributed by atoms with van der Waals surface area (Å²) < 4.78 is 30.4. The number of ether oxygens (including phenoxy) is 1. The van der Waals surface area contributed by atoms with E-state index in [4.69, 9.17) is 4.74 Å². The van der Waals surface area contributed by atoms with Crippen molar-refractivity contribution in [2.75, 3.05) is 18.7 Å². The van der Waals surface area contributed by atoms with Crippen LogP contribution in [0, 0.1) is 13.8 Å². The molecule has 0 spiro atoms. The van der Waals surface area contributed by atoms with E-state index in [-0.39, 0.29) is 6.02 Å². The van der Waals surface area contributed by atoms with Crippen molar-refractivity contribution < 1.29 is 13.2 Å². The van der Waals surface area contributed by atoms with Crippen molar-refractivity contribution in [1.82, 2.24) is 0 Å². The van der Waals surface area contributed by atoms with Crippen molar-refractivity contribution in [2.45, 2.75) is 13.8 Å². The first-order valence-corrected chi connectivity index (χ1v) is 6.85. The van der Waals surface area contributed by atoms with Crippen LogP contribution in [0.3, 0.4) is 0 Å². The van der Waals surface area contributed by atoms with E-state index in [1.807, 2.05) is 32.0 Å². The van der Waals surface area contributed by atoms with Gasteiger partial charge in [-0.15, -0.1) is 4.40 Å². The average Bonchev–Trinajstić information content (AvgIpc) is 2.20. The Kier molecular flexibility index (Phi) is 4.11. The summed E-state index contributed by atoms with van der Waals surface area (Å²) >= 11 is 0. The lowest BCUT2D eigenvalue weighted by Crippen LogP contribution is -2.17. The fourth-order valence-corrected chi connectivity index (χ4v) is 1.67. The Labute approximate surface area is 102 Å². The number of methoxy groups -OCH3 is 1. The SMILES string of the molecule is CO/C(=N/S(C)(=O)=O)Nc1cc(C)ccc1C. The van der Waals surface area contributed by atoms with Crippen molar-refractivity contribution in [2.24, 2.45) is 4.40 Å². The van der Waals surface area contributed by atoms with E-state index in [9.17, 15) is 8.42 Å². The molecule has 0 atom stereocenters. The van der Waals surface area contributed by atoms with Crippen LogP contribution in [0.4, 0.5) is 5.69 Å². The van der Waals surface area contributed by atoms with Gasteiger partial charge in [-0.2, -0.15) is 0 Å². The predicted octanol–water partition coefficient (Wildman–Crippen LogP) is 1.68. The Balaban J connectivity index is 3.04. The van der Waals surface area contributed by atoms with Crippen molar-refractivity contribution in [3.05, 3.63) is 29.3 Å². The van der Waals surface area contributed by atoms with Crippen molar-refractivity contribution in [1.29, 1.82) is 0 Å². The van der Waals surface area contributed by atoms with E-state index >= 15 is 0 Å². The van der Waals surface area contributed by atoms with Gasteiger partial charge in [-0.25, -0.2) is 8.42 Å². The summed E-state index contributed by atoms with van der Waals surface area (Å²) in [6.45, 7) is 3.86. The number of rotatable bonds is 2. The van der Waals surface area contributed by atoms with Crippen molar-refractivity contribution in [3.63, 3.8) is 0 Å². The fraction of sp³-hybridized carbons (Fsp3) is 0.364. The zero-order chi connectivity index (χ0) is 13.1. The van der Waals surface area contributed by atoms with Gasteiger partial charge in [0, 0.05) is 5.69 Å². The Morgan fingerprint density at radius 2 is 2.00 bits per heavy atom. The monoisotopic (exact) mass is 256 g/mol. The molecule has 1 aromatic rings. The second kappa shape index (κ2) is 5.18. The molecule has 0 unspecified atom stereocenters. The van der Waals surface area contributed by atoms with Gasteiger partial charge in [0.1, 0.15) is 0 Å². The minimum Gasteiger partial charge on any atom is -0.468 e. The molecule has 0 radical (unpaired) electrons. The Hall–Kier alpha value is -1.56. The quantitative estimate of drug-likeness (QED) is 0.645. The molecule has 0 amide bonds. The average molecular weight is 256 g/mol. The molecule has 0 aromatic heterocycles. The maximum atomic E-state index is 11.0. The Bertz CT molecular complexity index is 536. The van der Waals surface area contributed by atoms with E-state index in [0.29, 0.717) is 0 Å². The second-order valence-electron chi connectivity index (χ2n) is 3.78. The number of amidine groups is 1. The van der Waals surface area contributed by atoms with Crippen LogP contribution < -0.4 is 5.32 Å². The lowest BCUT2D eigenvalue weighted by Gasteiger charge is -2.10. The zero-order valence-corrected chi connectivity index (χ0v) is 11.1. The highest BCUT2D eigenvalue weighted by Gasteiger charge is 2.07. The lowest BCUT2D eigenvalue weighted by molar-refractivity contribution is 0.403. The molecule has 0 aliphatic carbocycles. The standard InChI is InChI=1S/C11H16N2O3S/c1-8-5-6-9(2)10(7-8)12-11(16-3)13-17(4,14)15/h5-7H,1-4H3,(H,12,13). The molecule has 1 aromatic carbocycles. The van der Waals surface area contributed by atoms with Gasteiger partial charge >= 0.3 is 6.02 Å². The molecule has 6 heteroatoms. The maximum Gasteiger partial charge on any atom is 0.304 e. The molecule has 1 rings (SSSR count). The smallest absolute Gasteiger partial charge is 0.304 e. The number of anilines is 1.